The van der Waals surface area contributed by atoms with Gasteiger partial charge in [0.25, 0.3) is 5.91 Å². The van der Waals surface area contributed by atoms with E-state index in [9.17, 15) is 17.6 Å². The molecule has 1 aliphatic heterocycles. The van der Waals surface area contributed by atoms with E-state index in [2.05, 4.69) is 5.10 Å². The molecule has 0 aliphatic carbocycles. The van der Waals surface area contributed by atoms with E-state index in [1.54, 1.807) is 15.8 Å². The normalized spacial score (nSPS) is 15.3. The summed E-state index contributed by atoms with van der Waals surface area (Å²) in [5, 5.41) is 4.36. The molecule has 1 amide bonds. The number of hydrogen-bond acceptors (Lipinski definition) is 4. The third-order valence-electron chi connectivity index (χ3n) is 5.50. The third kappa shape index (κ3) is 4.11. The van der Waals surface area contributed by atoms with E-state index in [0.29, 0.717) is 5.56 Å². The molecule has 2 heterocycles. The van der Waals surface area contributed by atoms with Crippen LogP contribution < -0.4 is 0 Å². The summed E-state index contributed by atoms with van der Waals surface area (Å²) in [6.45, 7) is 4.75. The Balaban J connectivity index is 1.46. The Bertz CT molecular complexity index is 1200. The van der Waals surface area contributed by atoms with E-state index in [4.69, 9.17) is 0 Å². The number of hydrogen-bond donors (Lipinski definition) is 0. The summed E-state index contributed by atoms with van der Waals surface area (Å²) in [5.74, 6) is -0.661. The number of carbonyl (C=O) groups is 1. The number of aromatic nitrogens is 2. The molecule has 7 nitrogen and oxygen atoms in total. The molecule has 9 heteroatoms. The minimum absolute atomic E-state index is 0.0453. The molecular weight excluding hydrogens is 419 g/mol. The van der Waals surface area contributed by atoms with Crippen LogP contribution in [0.1, 0.15) is 21.6 Å². The summed E-state index contributed by atoms with van der Waals surface area (Å²) in [6, 6.07) is 12.6. The molecule has 1 aliphatic rings. The van der Waals surface area contributed by atoms with Crippen LogP contribution in [-0.4, -0.2) is 59.5 Å². The molecule has 2 aromatic carbocycles. The molecular formula is C22H23FN4O3S. The molecule has 1 aromatic heterocycles. The van der Waals surface area contributed by atoms with Crippen molar-refractivity contribution in [2.45, 2.75) is 18.7 Å². The Morgan fingerprint density at radius 1 is 0.935 bits per heavy atom. The minimum atomic E-state index is -3.72. The highest BCUT2D eigenvalue weighted by molar-refractivity contribution is 7.89. The average Bonchev–Trinajstić information content (AvgIpc) is 3.15. The van der Waals surface area contributed by atoms with Crippen molar-refractivity contribution < 1.29 is 17.6 Å². The van der Waals surface area contributed by atoms with Crippen LogP contribution in [0.3, 0.4) is 0 Å². The Labute approximate surface area is 180 Å². The van der Waals surface area contributed by atoms with Crippen molar-refractivity contribution in [1.29, 1.82) is 0 Å². The van der Waals surface area contributed by atoms with Gasteiger partial charge in [0, 0.05) is 26.2 Å². The van der Waals surface area contributed by atoms with Crippen molar-refractivity contribution in [1.82, 2.24) is 19.0 Å². The number of amides is 1. The number of benzene rings is 2. The van der Waals surface area contributed by atoms with Crippen LogP contribution in [0, 0.1) is 19.7 Å². The quantitative estimate of drug-likeness (QED) is 0.623. The summed E-state index contributed by atoms with van der Waals surface area (Å²) in [7, 11) is -3.72. The van der Waals surface area contributed by atoms with E-state index >= 15 is 0 Å². The van der Waals surface area contributed by atoms with Crippen molar-refractivity contribution in [3.05, 3.63) is 77.4 Å². The Morgan fingerprint density at radius 3 is 2.16 bits per heavy atom. The SMILES string of the molecule is Cc1ccc(-n2ncc(C(=O)N3CCN(S(=O)(=O)c4ccc(F)cc4)CC3)c2C)cc1. The fourth-order valence-corrected chi connectivity index (χ4v) is 5.05. The maximum atomic E-state index is 13.1. The average molecular weight is 443 g/mol. The zero-order chi connectivity index (χ0) is 22.2. The summed E-state index contributed by atoms with van der Waals surface area (Å²) < 4.78 is 41.7. The summed E-state index contributed by atoms with van der Waals surface area (Å²) in [5.41, 5.74) is 3.24. The predicted molar refractivity (Wildman–Crippen MR) is 114 cm³/mol. The molecule has 0 saturated carbocycles. The van der Waals surface area contributed by atoms with Crippen molar-refractivity contribution in [2.24, 2.45) is 0 Å². The summed E-state index contributed by atoms with van der Waals surface area (Å²) in [6.07, 6.45) is 1.55. The standard InChI is InChI=1S/C22H23FN4O3S/c1-16-3-7-19(8-4-16)27-17(2)21(15-24-27)22(28)25-11-13-26(14-12-25)31(29,30)20-9-5-18(23)6-10-20/h3-10,15H,11-14H2,1-2H3. The van der Waals surface area contributed by atoms with Gasteiger partial charge in [0.1, 0.15) is 5.82 Å². The summed E-state index contributed by atoms with van der Waals surface area (Å²) >= 11 is 0. The van der Waals surface area contributed by atoms with Gasteiger partial charge in [-0.05, 0) is 50.2 Å². The van der Waals surface area contributed by atoms with E-state index in [0.717, 1.165) is 29.1 Å². The fourth-order valence-electron chi connectivity index (χ4n) is 3.62. The van der Waals surface area contributed by atoms with Crippen molar-refractivity contribution >= 4 is 15.9 Å². The van der Waals surface area contributed by atoms with Gasteiger partial charge >= 0.3 is 0 Å². The van der Waals surface area contributed by atoms with Gasteiger partial charge in [0.15, 0.2) is 0 Å². The monoisotopic (exact) mass is 442 g/mol. The second-order valence-electron chi connectivity index (χ2n) is 7.54. The number of halogens is 1. The van der Waals surface area contributed by atoms with Crippen LogP contribution in [0.25, 0.3) is 5.69 Å². The number of carbonyl (C=O) groups excluding carboxylic acids is 1. The maximum absolute atomic E-state index is 13.1. The highest BCUT2D eigenvalue weighted by Gasteiger charge is 2.31. The van der Waals surface area contributed by atoms with Gasteiger partial charge in [-0.2, -0.15) is 9.40 Å². The second kappa shape index (κ2) is 8.24. The Morgan fingerprint density at radius 2 is 1.55 bits per heavy atom. The smallest absolute Gasteiger partial charge is 0.257 e. The van der Waals surface area contributed by atoms with Crippen molar-refractivity contribution in [2.75, 3.05) is 26.2 Å². The van der Waals surface area contributed by atoms with Gasteiger partial charge in [-0.25, -0.2) is 17.5 Å². The lowest BCUT2D eigenvalue weighted by Gasteiger charge is -2.34. The van der Waals surface area contributed by atoms with Gasteiger partial charge in [0.2, 0.25) is 10.0 Å². The van der Waals surface area contributed by atoms with Crippen molar-refractivity contribution in [3.8, 4) is 5.69 Å². The topological polar surface area (TPSA) is 75.5 Å². The van der Waals surface area contributed by atoms with E-state index in [1.807, 2.05) is 38.1 Å². The molecule has 1 fully saturated rings. The number of aryl methyl sites for hydroxylation is 1. The fraction of sp³-hybridized carbons (Fsp3) is 0.273. The molecule has 162 valence electrons. The molecule has 0 radical (unpaired) electrons. The lowest BCUT2D eigenvalue weighted by atomic mass is 10.2. The first-order valence-electron chi connectivity index (χ1n) is 9.94. The highest BCUT2D eigenvalue weighted by Crippen LogP contribution is 2.21. The first-order valence-corrected chi connectivity index (χ1v) is 11.4. The highest BCUT2D eigenvalue weighted by atomic mass is 32.2. The second-order valence-corrected chi connectivity index (χ2v) is 9.48. The number of nitrogens with zero attached hydrogens (tertiary/aromatic N) is 4. The number of sulfonamides is 1. The van der Waals surface area contributed by atoms with Gasteiger partial charge in [-0.1, -0.05) is 17.7 Å². The molecule has 31 heavy (non-hydrogen) atoms. The Hall–Kier alpha value is -3.04. The molecule has 1 saturated heterocycles. The first kappa shape index (κ1) is 21.2. The molecule has 0 atom stereocenters. The van der Waals surface area contributed by atoms with Gasteiger partial charge in [-0.3, -0.25) is 4.79 Å². The van der Waals surface area contributed by atoms with Gasteiger partial charge in [0.05, 0.1) is 28.0 Å². The molecule has 4 rings (SSSR count). The zero-order valence-corrected chi connectivity index (χ0v) is 18.1. The predicted octanol–water partition coefficient (Wildman–Crippen LogP) is 2.77. The summed E-state index contributed by atoms with van der Waals surface area (Å²) in [4.78, 5) is 14.7. The molecule has 0 N–H and O–H groups in total. The minimum Gasteiger partial charge on any atom is -0.336 e. The van der Waals surface area contributed by atoms with Crippen LogP contribution in [0.4, 0.5) is 4.39 Å². The van der Waals surface area contributed by atoms with Crippen molar-refractivity contribution in [3.63, 3.8) is 0 Å². The van der Waals surface area contributed by atoms with E-state index < -0.39 is 15.8 Å². The molecule has 0 spiro atoms. The van der Waals surface area contributed by atoms with Gasteiger partial charge in [-0.15, -0.1) is 0 Å². The lowest BCUT2D eigenvalue weighted by molar-refractivity contribution is 0.0697. The largest absolute Gasteiger partial charge is 0.336 e. The molecule has 3 aromatic rings. The van der Waals surface area contributed by atoms with Crippen LogP contribution in [0.2, 0.25) is 0 Å². The van der Waals surface area contributed by atoms with Crippen LogP contribution >= 0.6 is 0 Å². The number of piperazine rings is 1. The maximum Gasteiger partial charge on any atom is 0.257 e. The first-order chi connectivity index (χ1) is 14.8. The van der Waals surface area contributed by atoms with Gasteiger partial charge < -0.3 is 4.90 Å². The van der Waals surface area contributed by atoms with Crippen LogP contribution in [0.15, 0.2) is 59.6 Å². The van der Waals surface area contributed by atoms with Crippen LogP contribution in [-0.2, 0) is 10.0 Å². The van der Waals surface area contributed by atoms with E-state index in [-0.39, 0.29) is 37.0 Å². The molecule has 0 bridgehead atoms. The van der Waals surface area contributed by atoms with E-state index in [1.165, 1.54) is 16.4 Å². The third-order valence-corrected chi connectivity index (χ3v) is 7.41. The number of rotatable bonds is 4. The van der Waals surface area contributed by atoms with Crippen LogP contribution in [0.5, 0.6) is 0 Å². The molecule has 0 unspecified atom stereocenters. The zero-order valence-electron chi connectivity index (χ0n) is 17.3. The lowest BCUT2D eigenvalue weighted by Crippen LogP contribution is -2.50. The Kier molecular flexibility index (Phi) is 5.63.